The number of benzene rings is 1. The summed E-state index contributed by atoms with van der Waals surface area (Å²) in [6.07, 6.45) is -4.57. The minimum atomic E-state index is -4.57. The lowest BCUT2D eigenvalue weighted by Gasteiger charge is -2.19. The van der Waals surface area contributed by atoms with Gasteiger partial charge in [0.2, 0.25) is 0 Å². The Kier molecular flexibility index (Phi) is 4.94. The van der Waals surface area contributed by atoms with Gasteiger partial charge in [-0.3, -0.25) is 4.79 Å². The van der Waals surface area contributed by atoms with Crippen LogP contribution in [-0.2, 0) is 9.05 Å². The van der Waals surface area contributed by atoms with Crippen LogP contribution < -0.4 is 0 Å². The minimum Gasteiger partial charge on any atom is -0.333 e. The van der Waals surface area contributed by atoms with Crippen LogP contribution in [0.4, 0.5) is 13.2 Å². The Morgan fingerprint density at radius 2 is 1.85 bits per heavy atom. The summed E-state index contributed by atoms with van der Waals surface area (Å²) in [5.74, 6) is -1.02. The lowest BCUT2D eigenvalue weighted by atomic mass is 10.2. The fourth-order valence-electron chi connectivity index (χ4n) is 1.39. The number of carbonyl (C=O) groups is 1. The zero-order valence-electron chi connectivity index (χ0n) is 9.91. The number of alkyl halides is 3. The van der Waals surface area contributed by atoms with Gasteiger partial charge in [0.25, 0.3) is 15.0 Å². The van der Waals surface area contributed by atoms with Crippen molar-refractivity contribution in [1.29, 1.82) is 0 Å². The van der Waals surface area contributed by atoms with Crippen LogP contribution in [0.5, 0.6) is 0 Å². The zero-order valence-corrected chi connectivity index (χ0v) is 12.2. The Labute approximate surface area is 122 Å². The third-order valence-electron chi connectivity index (χ3n) is 2.16. The smallest absolute Gasteiger partial charge is 0.333 e. The summed E-state index contributed by atoms with van der Waals surface area (Å²) in [7, 11) is 1.89. The van der Waals surface area contributed by atoms with Crippen molar-refractivity contribution in [1.82, 2.24) is 4.90 Å². The van der Waals surface area contributed by atoms with E-state index in [-0.39, 0.29) is 10.6 Å². The van der Waals surface area contributed by atoms with Crippen LogP contribution in [0.2, 0.25) is 5.02 Å². The maximum atomic E-state index is 12.2. The van der Waals surface area contributed by atoms with Crippen molar-refractivity contribution in [2.45, 2.75) is 11.1 Å². The van der Waals surface area contributed by atoms with Crippen LogP contribution >= 0.6 is 22.3 Å². The standard InChI is InChI=1S/C10H8Cl2F3NO3S/c1-16(5-10(13,14)15)9(17)6-2-7(11)4-8(3-6)20(12,18)19/h2-4H,5H2,1H3. The average Bonchev–Trinajstić information content (AvgIpc) is 2.23. The van der Waals surface area contributed by atoms with Crippen LogP contribution in [0.3, 0.4) is 0 Å². The van der Waals surface area contributed by atoms with E-state index in [0.717, 1.165) is 25.2 Å². The maximum Gasteiger partial charge on any atom is 0.406 e. The summed E-state index contributed by atoms with van der Waals surface area (Å²) in [4.78, 5) is 11.7. The van der Waals surface area contributed by atoms with Gasteiger partial charge in [0, 0.05) is 28.3 Å². The first-order valence-corrected chi connectivity index (χ1v) is 7.66. The van der Waals surface area contributed by atoms with E-state index in [0.29, 0.717) is 4.90 Å². The van der Waals surface area contributed by atoms with E-state index in [1.807, 2.05) is 0 Å². The second-order valence-electron chi connectivity index (χ2n) is 3.89. The second-order valence-corrected chi connectivity index (χ2v) is 6.89. The highest BCUT2D eigenvalue weighted by atomic mass is 35.7. The molecule has 0 heterocycles. The Morgan fingerprint density at radius 3 is 2.30 bits per heavy atom. The summed E-state index contributed by atoms with van der Waals surface area (Å²) in [5, 5.41) is -0.129. The molecule has 0 aliphatic rings. The first-order valence-electron chi connectivity index (χ1n) is 4.97. The molecule has 20 heavy (non-hydrogen) atoms. The summed E-state index contributed by atoms with van der Waals surface area (Å²) < 4.78 is 58.9. The second kappa shape index (κ2) is 5.79. The minimum absolute atomic E-state index is 0.129. The number of carbonyl (C=O) groups excluding carboxylic acids is 1. The number of halogens is 5. The summed E-state index contributed by atoms with van der Waals surface area (Å²) >= 11 is 5.62. The quantitative estimate of drug-likeness (QED) is 0.788. The van der Waals surface area contributed by atoms with Crippen molar-refractivity contribution in [3.8, 4) is 0 Å². The molecule has 0 aliphatic heterocycles. The highest BCUT2D eigenvalue weighted by Crippen LogP contribution is 2.23. The van der Waals surface area contributed by atoms with E-state index in [1.54, 1.807) is 0 Å². The fraction of sp³-hybridized carbons (Fsp3) is 0.300. The SMILES string of the molecule is CN(CC(F)(F)F)C(=O)c1cc(Cl)cc(S(=O)(=O)Cl)c1. The van der Waals surface area contributed by atoms with Gasteiger partial charge in [-0.05, 0) is 18.2 Å². The lowest BCUT2D eigenvalue weighted by Crippen LogP contribution is -2.35. The number of hydrogen-bond donors (Lipinski definition) is 0. The van der Waals surface area contributed by atoms with Gasteiger partial charge in [-0.15, -0.1) is 0 Å². The molecule has 1 amide bonds. The van der Waals surface area contributed by atoms with Crippen LogP contribution in [0, 0.1) is 0 Å². The molecule has 4 nitrogen and oxygen atoms in total. The third-order valence-corrected chi connectivity index (χ3v) is 3.71. The summed E-state index contributed by atoms with van der Waals surface area (Å²) in [6.45, 7) is -1.47. The van der Waals surface area contributed by atoms with Crippen LogP contribution in [-0.4, -0.2) is 39.0 Å². The molecule has 0 atom stereocenters. The Bertz CT molecular complexity index is 631. The molecule has 0 aliphatic carbocycles. The largest absolute Gasteiger partial charge is 0.406 e. The van der Waals surface area contributed by atoms with Crippen molar-refractivity contribution >= 4 is 37.2 Å². The molecule has 10 heteroatoms. The molecule has 0 N–H and O–H groups in total. The predicted octanol–water partition coefficient (Wildman–Crippen LogP) is 2.90. The molecule has 0 radical (unpaired) electrons. The predicted molar refractivity (Wildman–Crippen MR) is 67.5 cm³/mol. The fourth-order valence-corrected chi connectivity index (χ4v) is 2.49. The van der Waals surface area contributed by atoms with Gasteiger partial charge < -0.3 is 4.90 Å². The van der Waals surface area contributed by atoms with Gasteiger partial charge in [0.1, 0.15) is 6.54 Å². The highest BCUT2D eigenvalue weighted by Gasteiger charge is 2.31. The van der Waals surface area contributed by atoms with E-state index < -0.39 is 32.6 Å². The van der Waals surface area contributed by atoms with Crippen molar-refractivity contribution in [2.24, 2.45) is 0 Å². The Hall–Kier alpha value is -0.990. The van der Waals surface area contributed by atoms with Crippen molar-refractivity contribution in [2.75, 3.05) is 13.6 Å². The molecule has 0 bridgehead atoms. The molecule has 1 aromatic carbocycles. The van der Waals surface area contributed by atoms with Crippen LogP contribution in [0.1, 0.15) is 10.4 Å². The molecular formula is C10H8Cl2F3NO3S. The molecule has 0 fully saturated rings. The monoisotopic (exact) mass is 349 g/mol. The number of nitrogens with zero attached hydrogens (tertiary/aromatic N) is 1. The summed E-state index contributed by atoms with van der Waals surface area (Å²) in [5.41, 5.74) is -0.302. The van der Waals surface area contributed by atoms with E-state index in [9.17, 15) is 26.4 Å². The number of hydrogen-bond acceptors (Lipinski definition) is 3. The first kappa shape index (κ1) is 17.1. The van der Waals surface area contributed by atoms with Crippen molar-refractivity contribution < 1.29 is 26.4 Å². The lowest BCUT2D eigenvalue weighted by molar-refractivity contribution is -0.138. The average molecular weight is 350 g/mol. The van der Waals surface area contributed by atoms with Gasteiger partial charge >= 0.3 is 6.18 Å². The van der Waals surface area contributed by atoms with Gasteiger partial charge in [0.05, 0.1) is 4.90 Å². The molecule has 112 valence electrons. The van der Waals surface area contributed by atoms with Crippen molar-refractivity contribution in [3.05, 3.63) is 28.8 Å². The van der Waals surface area contributed by atoms with Crippen LogP contribution in [0.15, 0.2) is 23.1 Å². The first-order chi connectivity index (χ1) is 8.90. The van der Waals surface area contributed by atoms with E-state index in [2.05, 4.69) is 0 Å². The van der Waals surface area contributed by atoms with Crippen LogP contribution in [0.25, 0.3) is 0 Å². The van der Waals surface area contributed by atoms with Gasteiger partial charge in [0.15, 0.2) is 0 Å². The van der Waals surface area contributed by atoms with Crippen molar-refractivity contribution in [3.63, 3.8) is 0 Å². The molecule has 0 spiro atoms. The normalized spacial score (nSPS) is 12.3. The summed E-state index contributed by atoms with van der Waals surface area (Å²) in [6, 6.07) is 2.91. The molecular weight excluding hydrogens is 342 g/mol. The van der Waals surface area contributed by atoms with Gasteiger partial charge in [-0.25, -0.2) is 8.42 Å². The van der Waals surface area contributed by atoms with Gasteiger partial charge in [-0.2, -0.15) is 13.2 Å². The molecule has 0 saturated heterocycles. The number of rotatable bonds is 3. The Morgan fingerprint density at radius 1 is 1.30 bits per heavy atom. The van der Waals surface area contributed by atoms with E-state index in [4.69, 9.17) is 22.3 Å². The highest BCUT2D eigenvalue weighted by molar-refractivity contribution is 8.13. The Balaban J connectivity index is 3.14. The van der Waals surface area contributed by atoms with E-state index in [1.165, 1.54) is 0 Å². The number of amides is 1. The molecule has 0 aromatic heterocycles. The topological polar surface area (TPSA) is 54.5 Å². The zero-order chi connectivity index (χ0) is 15.7. The third kappa shape index (κ3) is 4.84. The molecule has 1 aromatic rings. The molecule has 1 rings (SSSR count). The molecule has 0 unspecified atom stereocenters. The maximum absolute atomic E-state index is 12.2. The molecule has 0 saturated carbocycles. The van der Waals surface area contributed by atoms with E-state index >= 15 is 0 Å². The van der Waals surface area contributed by atoms with Gasteiger partial charge in [-0.1, -0.05) is 11.6 Å².